The second-order valence-corrected chi connectivity index (χ2v) is 5.04. The van der Waals surface area contributed by atoms with Crippen molar-refractivity contribution >= 4 is 5.91 Å². The second-order valence-electron chi connectivity index (χ2n) is 5.04. The van der Waals surface area contributed by atoms with Crippen molar-refractivity contribution in [1.82, 2.24) is 4.90 Å². The van der Waals surface area contributed by atoms with E-state index < -0.39 is 0 Å². The van der Waals surface area contributed by atoms with Crippen molar-refractivity contribution in [2.24, 2.45) is 0 Å². The van der Waals surface area contributed by atoms with Crippen LogP contribution in [0.15, 0.2) is 24.3 Å². The minimum Gasteiger partial charge on any atom is -0.493 e. The van der Waals surface area contributed by atoms with Gasteiger partial charge in [0.2, 0.25) is 5.91 Å². The molecule has 110 valence electrons. The molecule has 4 nitrogen and oxygen atoms in total. The predicted molar refractivity (Wildman–Crippen MR) is 78.2 cm³/mol. The molecule has 0 atom stereocenters. The van der Waals surface area contributed by atoms with E-state index >= 15 is 0 Å². The van der Waals surface area contributed by atoms with Crippen LogP contribution in [0.4, 0.5) is 0 Å². The molecule has 1 amide bonds. The number of amides is 1. The molecule has 1 heterocycles. The van der Waals surface area contributed by atoms with Gasteiger partial charge in [-0.3, -0.25) is 4.79 Å². The van der Waals surface area contributed by atoms with E-state index in [1.165, 1.54) is 6.42 Å². The van der Waals surface area contributed by atoms with E-state index in [4.69, 9.17) is 9.47 Å². The summed E-state index contributed by atoms with van der Waals surface area (Å²) in [7, 11) is 1.63. The number of ether oxygens (including phenoxy) is 2. The number of benzene rings is 1. The third-order valence-electron chi connectivity index (χ3n) is 3.57. The van der Waals surface area contributed by atoms with Crippen LogP contribution in [0.3, 0.4) is 0 Å². The standard InChI is InChI=1S/C16H23NO3/c1-19-14-8-3-4-9-15(14)20-13-7-10-16(18)17-11-5-2-6-12-17/h3-4,8-9H,2,5-7,10-13H2,1H3. The largest absolute Gasteiger partial charge is 0.493 e. The molecular formula is C16H23NO3. The molecule has 0 unspecified atom stereocenters. The van der Waals surface area contributed by atoms with Crippen LogP contribution in [-0.2, 0) is 4.79 Å². The van der Waals surface area contributed by atoms with E-state index in [0.717, 1.165) is 43.9 Å². The van der Waals surface area contributed by atoms with E-state index in [-0.39, 0.29) is 5.91 Å². The summed E-state index contributed by atoms with van der Waals surface area (Å²) >= 11 is 0. The van der Waals surface area contributed by atoms with Crippen LogP contribution in [0.25, 0.3) is 0 Å². The van der Waals surface area contributed by atoms with Crippen molar-refractivity contribution in [3.63, 3.8) is 0 Å². The van der Waals surface area contributed by atoms with Crippen molar-refractivity contribution in [2.45, 2.75) is 32.1 Å². The van der Waals surface area contributed by atoms with Crippen LogP contribution in [0.2, 0.25) is 0 Å². The Balaban J connectivity index is 1.69. The number of likely N-dealkylation sites (tertiary alicyclic amines) is 1. The van der Waals surface area contributed by atoms with Gasteiger partial charge >= 0.3 is 0 Å². The maximum absolute atomic E-state index is 12.0. The molecule has 1 aliphatic heterocycles. The van der Waals surface area contributed by atoms with E-state index in [9.17, 15) is 4.79 Å². The quantitative estimate of drug-likeness (QED) is 0.751. The number of hydrogen-bond acceptors (Lipinski definition) is 3. The minimum absolute atomic E-state index is 0.258. The van der Waals surface area contributed by atoms with Crippen LogP contribution in [-0.4, -0.2) is 37.6 Å². The van der Waals surface area contributed by atoms with Gasteiger partial charge in [-0.05, 0) is 37.8 Å². The summed E-state index contributed by atoms with van der Waals surface area (Å²) in [6.45, 7) is 2.39. The topological polar surface area (TPSA) is 38.8 Å². The van der Waals surface area contributed by atoms with Crippen molar-refractivity contribution < 1.29 is 14.3 Å². The van der Waals surface area contributed by atoms with Crippen molar-refractivity contribution in [3.8, 4) is 11.5 Å². The molecule has 0 aliphatic carbocycles. The fourth-order valence-electron chi connectivity index (χ4n) is 2.44. The fourth-order valence-corrected chi connectivity index (χ4v) is 2.44. The second kappa shape index (κ2) is 7.78. The predicted octanol–water partition coefficient (Wildman–Crippen LogP) is 2.87. The van der Waals surface area contributed by atoms with Gasteiger partial charge in [0, 0.05) is 19.5 Å². The lowest BCUT2D eigenvalue weighted by molar-refractivity contribution is -0.132. The molecule has 2 rings (SSSR count). The molecule has 1 aromatic carbocycles. The number of para-hydroxylation sites is 2. The zero-order valence-corrected chi connectivity index (χ0v) is 12.1. The van der Waals surface area contributed by atoms with Gasteiger partial charge in [0.15, 0.2) is 11.5 Å². The first-order valence-electron chi connectivity index (χ1n) is 7.35. The minimum atomic E-state index is 0.258. The summed E-state index contributed by atoms with van der Waals surface area (Å²) in [4.78, 5) is 14.0. The van der Waals surface area contributed by atoms with Gasteiger partial charge in [0.05, 0.1) is 13.7 Å². The molecule has 20 heavy (non-hydrogen) atoms. The average Bonchev–Trinajstić information content (AvgIpc) is 2.52. The fraction of sp³-hybridized carbons (Fsp3) is 0.562. The summed E-state index contributed by atoms with van der Waals surface area (Å²) < 4.78 is 10.9. The maximum Gasteiger partial charge on any atom is 0.222 e. The highest BCUT2D eigenvalue weighted by Gasteiger charge is 2.15. The Morgan fingerprint density at radius 3 is 2.55 bits per heavy atom. The lowest BCUT2D eigenvalue weighted by atomic mass is 10.1. The molecule has 0 N–H and O–H groups in total. The van der Waals surface area contributed by atoms with E-state index in [0.29, 0.717) is 13.0 Å². The Bertz CT molecular complexity index is 427. The molecule has 1 aromatic rings. The average molecular weight is 277 g/mol. The Morgan fingerprint density at radius 2 is 1.85 bits per heavy atom. The summed E-state index contributed by atoms with van der Waals surface area (Å²) in [6, 6.07) is 7.57. The first-order valence-corrected chi connectivity index (χ1v) is 7.35. The molecule has 4 heteroatoms. The summed E-state index contributed by atoms with van der Waals surface area (Å²) in [5.41, 5.74) is 0. The molecule has 0 saturated carbocycles. The highest BCUT2D eigenvalue weighted by molar-refractivity contribution is 5.76. The van der Waals surface area contributed by atoms with Gasteiger partial charge in [0.1, 0.15) is 0 Å². The number of hydrogen-bond donors (Lipinski definition) is 0. The van der Waals surface area contributed by atoms with Crippen LogP contribution >= 0.6 is 0 Å². The van der Waals surface area contributed by atoms with Crippen LogP contribution < -0.4 is 9.47 Å². The Hall–Kier alpha value is -1.71. The Kier molecular flexibility index (Phi) is 5.71. The van der Waals surface area contributed by atoms with Crippen LogP contribution in [0.1, 0.15) is 32.1 Å². The van der Waals surface area contributed by atoms with Gasteiger partial charge < -0.3 is 14.4 Å². The monoisotopic (exact) mass is 277 g/mol. The van der Waals surface area contributed by atoms with Crippen LogP contribution in [0.5, 0.6) is 11.5 Å². The first kappa shape index (κ1) is 14.7. The van der Waals surface area contributed by atoms with Gasteiger partial charge in [-0.1, -0.05) is 12.1 Å². The van der Waals surface area contributed by atoms with Crippen LogP contribution in [0, 0.1) is 0 Å². The molecule has 1 fully saturated rings. The number of methoxy groups -OCH3 is 1. The highest BCUT2D eigenvalue weighted by atomic mass is 16.5. The van der Waals surface area contributed by atoms with Gasteiger partial charge in [-0.2, -0.15) is 0 Å². The summed E-state index contributed by atoms with van der Waals surface area (Å²) in [6.07, 6.45) is 4.84. The lowest BCUT2D eigenvalue weighted by Crippen LogP contribution is -2.35. The zero-order valence-electron chi connectivity index (χ0n) is 12.1. The van der Waals surface area contributed by atoms with Gasteiger partial charge in [-0.25, -0.2) is 0 Å². The normalized spacial score (nSPS) is 14.9. The third kappa shape index (κ3) is 4.15. The van der Waals surface area contributed by atoms with E-state index in [2.05, 4.69) is 0 Å². The smallest absolute Gasteiger partial charge is 0.222 e. The molecule has 0 bridgehead atoms. The molecule has 1 aliphatic rings. The number of nitrogens with zero attached hydrogens (tertiary/aromatic N) is 1. The summed E-state index contributed by atoms with van der Waals surface area (Å²) in [5, 5.41) is 0. The highest BCUT2D eigenvalue weighted by Crippen LogP contribution is 2.25. The molecule has 0 aromatic heterocycles. The van der Waals surface area contributed by atoms with Crippen molar-refractivity contribution in [2.75, 3.05) is 26.8 Å². The van der Waals surface area contributed by atoms with Crippen molar-refractivity contribution in [3.05, 3.63) is 24.3 Å². The number of carbonyl (C=O) groups excluding carboxylic acids is 1. The number of piperidine rings is 1. The van der Waals surface area contributed by atoms with E-state index in [1.54, 1.807) is 7.11 Å². The first-order chi connectivity index (χ1) is 9.81. The molecule has 0 spiro atoms. The maximum atomic E-state index is 12.0. The molecule has 0 radical (unpaired) electrons. The molecular weight excluding hydrogens is 254 g/mol. The Labute approximate surface area is 120 Å². The number of carbonyl (C=O) groups is 1. The van der Waals surface area contributed by atoms with Crippen molar-refractivity contribution in [1.29, 1.82) is 0 Å². The number of rotatable bonds is 6. The third-order valence-corrected chi connectivity index (χ3v) is 3.57. The Morgan fingerprint density at radius 1 is 1.15 bits per heavy atom. The molecule has 1 saturated heterocycles. The van der Waals surface area contributed by atoms with Gasteiger partial charge in [0.25, 0.3) is 0 Å². The zero-order chi connectivity index (χ0) is 14.2. The van der Waals surface area contributed by atoms with Gasteiger partial charge in [-0.15, -0.1) is 0 Å². The van der Waals surface area contributed by atoms with E-state index in [1.807, 2.05) is 29.2 Å². The lowest BCUT2D eigenvalue weighted by Gasteiger charge is -2.26. The summed E-state index contributed by atoms with van der Waals surface area (Å²) in [5.74, 6) is 1.73. The SMILES string of the molecule is COc1ccccc1OCCCC(=O)N1CCCCC1.